The van der Waals surface area contributed by atoms with Gasteiger partial charge in [-0.1, -0.05) is 0 Å². The molecule has 0 N–H and O–H groups in total. The predicted octanol–water partition coefficient (Wildman–Crippen LogP) is 1.06. The van der Waals surface area contributed by atoms with E-state index in [2.05, 4.69) is 31.0 Å². The summed E-state index contributed by atoms with van der Waals surface area (Å²) < 4.78 is 6.86. The SMILES string of the molecule is CCOC(=O)c1nc2cnc(Br)cn2n1. The van der Waals surface area contributed by atoms with Crippen LogP contribution in [0.15, 0.2) is 17.0 Å². The molecule has 2 aromatic rings. The predicted molar refractivity (Wildman–Crippen MR) is 54.4 cm³/mol. The quantitative estimate of drug-likeness (QED) is 0.764. The van der Waals surface area contributed by atoms with Crippen LogP contribution in [0, 0.1) is 0 Å². The fourth-order valence-electron chi connectivity index (χ4n) is 1.05. The molecule has 0 radical (unpaired) electrons. The van der Waals surface area contributed by atoms with Crippen molar-refractivity contribution >= 4 is 27.5 Å². The summed E-state index contributed by atoms with van der Waals surface area (Å²) in [6.45, 7) is 2.03. The molecule has 0 aromatic carbocycles. The van der Waals surface area contributed by atoms with E-state index < -0.39 is 5.97 Å². The Kier molecular flexibility index (Phi) is 2.63. The molecular formula is C8H7BrN4O2. The largest absolute Gasteiger partial charge is 0.460 e. The molecule has 0 saturated carbocycles. The summed E-state index contributed by atoms with van der Waals surface area (Å²) >= 11 is 3.19. The van der Waals surface area contributed by atoms with Crippen LogP contribution in [0.4, 0.5) is 0 Å². The van der Waals surface area contributed by atoms with Gasteiger partial charge in [0.2, 0.25) is 0 Å². The Labute approximate surface area is 93.4 Å². The van der Waals surface area contributed by atoms with Gasteiger partial charge in [0, 0.05) is 0 Å². The smallest absolute Gasteiger partial charge is 0.378 e. The molecule has 0 amide bonds. The summed E-state index contributed by atoms with van der Waals surface area (Å²) in [6, 6.07) is 0. The van der Waals surface area contributed by atoms with Gasteiger partial charge in [-0.15, -0.1) is 5.10 Å². The lowest BCUT2D eigenvalue weighted by Crippen LogP contribution is -2.06. The second kappa shape index (κ2) is 3.93. The number of ether oxygens (including phenoxy) is 1. The summed E-state index contributed by atoms with van der Waals surface area (Å²) in [5, 5.41) is 3.95. The van der Waals surface area contributed by atoms with Gasteiger partial charge in [-0.05, 0) is 22.9 Å². The maximum atomic E-state index is 11.3. The van der Waals surface area contributed by atoms with E-state index in [1.54, 1.807) is 13.1 Å². The molecule has 7 heteroatoms. The third kappa shape index (κ3) is 1.96. The highest BCUT2D eigenvalue weighted by molar-refractivity contribution is 9.10. The molecule has 0 bridgehead atoms. The van der Waals surface area contributed by atoms with E-state index in [4.69, 9.17) is 4.74 Å². The number of esters is 1. The number of rotatable bonds is 2. The van der Waals surface area contributed by atoms with Gasteiger partial charge < -0.3 is 4.74 Å². The minimum atomic E-state index is -0.530. The number of halogens is 1. The van der Waals surface area contributed by atoms with Crippen LogP contribution >= 0.6 is 15.9 Å². The highest BCUT2D eigenvalue weighted by Gasteiger charge is 2.13. The van der Waals surface area contributed by atoms with E-state index in [0.29, 0.717) is 16.9 Å². The van der Waals surface area contributed by atoms with Crippen LogP contribution in [0.5, 0.6) is 0 Å². The van der Waals surface area contributed by atoms with E-state index in [1.807, 2.05) is 0 Å². The van der Waals surface area contributed by atoms with Crippen LogP contribution in [0.1, 0.15) is 17.5 Å². The first-order valence-electron chi connectivity index (χ1n) is 4.25. The zero-order valence-corrected chi connectivity index (χ0v) is 9.43. The van der Waals surface area contributed by atoms with Gasteiger partial charge in [-0.2, -0.15) is 4.98 Å². The monoisotopic (exact) mass is 270 g/mol. The molecule has 78 valence electrons. The molecule has 0 aliphatic carbocycles. The molecule has 6 nitrogen and oxygen atoms in total. The van der Waals surface area contributed by atoms with Crippen LogP contribution in [-0.4, -0.2) is 32.2 Å². The van der Waals surface area contributed by atoms with E-state index in [0.717, 1.165) is 0 Å². The topological polar surface area (TPSA) is 69.4 Å². The second-order valence-electron chi connectivity index (χ2n) is 2.67. The Morgan fingerprint density at radius 2 is 2.47 bits per heavy atom. The molecule has 2 rings (SSSR count). The van der Waals surface area contributed by atoms with E-state index in [1.165, 1.54) is 10.7 Å². The maximum absolute atomic E-state index is 11.3. The summed E-state index contributed by atoms with van der Waals surface area (Å²) in [5.74, 6) is -0.492. The Hall–Kier alpha value is -1.50. The standard InChI is InChI=1S/C8H7BrN4O2/c1-2-15-8(14)7-11-6-3-10-5(9)4-13(6)12-7/h3-4H,2H2,1H3. The van der Waals surface area contributed by atoms with Crippen LogP contribution in [-0.2, 0) is 4.74 Å². The molecule has 2 aromatic heterocycles. The lowest BCUT2D eigenvalue weighted by molar-refractivity contribution is 0.0512. The average Bonchev–Trinajstić information content (AvgIpc) is 2.60. The Morgan fingerprint density at radius 1 is 1.67 bits per heavy atom. The molecule has 15 heavy (non-hydrogen) atoms. The fourth-order valence-corrected chi connectivity index (χ4v) is 1.35. The number of carbonyl (C=O) groups is 1. The molecule has 0 atom stereocenters. The van der Waals surface area contributed by atoms with Gasteiger partial charge in [0.1, 0.15) is 4.60 Å². The number of hydrogen-bond acceptors (Lipinski definition) is 5. The Morgan fingerprint density at radius 3 is 3.20 bits per heavy atom. The molecule has 0 spiro atoms. The Bertz CT molecular complexity index is 510. The first kappa shape index (κ1) is 10.0. The number of hydrogen-bond donors (Lipinski definition) is 0. The van der Waals surface area contributed by atoms with Crippen LogP contribution in [0.2, 0.25) is 0 Å². The number of fused-ring (bicyclic) bond motifs is 1. The van der Waals surface area contributed by atoms with Crippen molar-refractivity contribution in [3.05, 3.63) is 22.8 Å². The van der Waals surface area contributed by atoms with Crippen molar-refractivity contribution in [1.29, 1.82) is 0 Å². The van der Waals surface area contributed by atoms with Crippen LogP contribution in [0.3, 0.4) is 0 Å². The van der Waals surface area contributed by atoms with Crippen molar-refractivity contribution in [1.82, 2.24) is 19.6 Å². The zero-order valence-electron chi connectivity index (χ0n) is 7.85. The van der Waals surface area contributed by atoms with Gasteiger partial charge in [0.05, 0.1) is 19.0 Å². The van der Waals surface area contributed by atoms with Crippen molar-refractivity contribution in [3.8, 4) is 0 Å². The maximum Gasteiger partial charge on any atom is 0.378 e. The summed E-state index contributed by atoms with van der Waals surface area (Å²) in [5.41, 5.74) is 0.501. The van der Waals surface area contributed by atoms with Crippen molar-refractivity contribution in [2.45, 2.75) is 6.92 Å². The van der Waals surface area contributed by atoms with Gasteiger partial charge in [0.25, 0.3) is 5.82 Å². The van der Waals surface area contributed by atoms with Crippen molar-refractivity contribution in [3.63, 3.8) is 0 Å². The molecule has 2 heterocycles. The van der Waals surface area contributed by atoms with Gasteiger partial charge in [-0.25, -0.2) is 14.3 Å². The minimum Gasteiger partial charge on any atom is -0.460 e. The molecule has 0 aliphatic rings. The first-order valence-corrected chi connectivity index (χ1v) is 5.05. The molecule has 0 fully saturated rings. The Balaban J connectivity index is 2.42. The fraction of sp³-hybridized carbons (Fsp3) is 0.250. The van der Waals surface area contributed by atoms with E-state index in [-0.39, 0.29) is 5.82 Å². The molecule has 0 aliphatic heterocycles. The van der Waals surface area contributed by atoms with Gasteiger partial charge >= 0.3 is 5.97 Å². The van der Waals surface area contributed by atoms with Crippen LogP contribution < -0.4 is 0 Å². The van der Waals surface area contributed by atoms with Crippen LogP contribution in [0.25, 0.3) is 5.65 Å². The molecule has 0 saturated heterocycles. The van der Waals surface area contributed by atoms with E-state index in [9.17, 15) is 4.79 Å². The number of nitrogens with zero attached hydrogens (tertiary/aromatic N) is 4. The highest BCUT2D eigenvalue weighted by atomic mass is 79.9. The van der Waals surface area contributed by atoms with Crippen molar-refractivity contribution < 1.29 is 9.53 Å². The summed E-state index contributed by atoms with van der Waals surface area (Å²) in [4.78, 5) is 19.2. The zero-order chi connectivity index (χ0) is 10.8. The number of carbonyl (C=O) groups excluding carboxylic acids is 1. The van der Waals surface area contributed by atoms with Gasteiger partial charge in [0.15, 0.2) is 5.65 Å². The normalized spacial score (nSPS) is 10.5. The second-order valence-corrected chi connectivity index (χ2v) is 3.48. The summed E-state index contributed by atoms with van der Waals surface area (Å²) in [7, 11) is 0. The van der Waals surface area contributed by atoms with Crippen molar-refractivity contribution in [2.75, 3.05) is 6.61 Å². The molecular weight excluding hydrogens is 264 g/mol. The minimum absolute atomic E-state index is 0.0387. The lowest BCUT2D eigenvalue weighted by atomic mass is 10.6. The average molecular weight is 271 g/mol. The number of aromatic nitrogens is 4. The van der Waals surface area contributed by atoms with Gasteiger partial charge in [-0.3, -0.25) is 0 Å². The first-order chi connectivity index (χ1) is 7.20. The summed E-state index contributed by atoms with van der Waals surface area (Å²) in [6.07, 6.45) is 3.13. The third-order valence-electron chi connectivity index (χ3n) is 1.65. The highest BCUT2D eigenvalue weighted by Crippen LogP contribution is 2.07. The van der Waals surface area contributed by atoms with E-state index >= 15 is 0 Å². The lowest BCUT2D eigenvalue weighted by Gasteiger charge is -1.93. The third-order valence-corrected chi connectivity index (χ3v) is 2.06. The molecule has 0 unspecified atom stereocenters. The van der Waals surface area contributed by atoms with Crippen molar-refractivity contribution in [2.24, 2.45) is 0 Å².